The van der Waals surface area contributed by atoms with E-state index in [4.69, 9.17) is 22.1 Å². The number of hydrogen-bond acceptors (Lipinski definition) is 5. The van der Waals surface area contributed by atoms with Gasteiger partial charge in [-0.1, -0.05) is 30.3 Å². The molecule has 0 fully saturated rings. The third-order valence-electron chi connectivity index (χ3n) is 2.61. The first kappa shape index (κ1) is 12.9. The van der Waals surface area contributed by atoms with E-state index in [1.807, 2.05) is 34.9 Å². The molecule has 0 saturated carbocycles. The van der Waals surface area contributed by atoms with Crippen LogP contribution in [0, 0.1) is 0 Å². The van der Waals surface area contributed by atoms with Gasteiger partial charge < -0.3 is 26.7 Å². The third-order valence-corrected chi connectivity index (χ3v) is 2.91. The highest BCUT2D eigenvalue weighted by atomic mass is 32.1. The lowest BCUT2D eigenvalue weighted by Crippen LogP contribution is -2.21. The molecule has 0 unspecified atom stereocenters. The Hall–Kier alpha value is -1.50. The summed E-state index contributed by atoms with van der Waals surface area (Å²) < 4.78 is 12.2. The zero-order chi connectivity index (χ0) is 13.0. The summed E-state index contributed by atoms with van der Waals surface area (Å²) in [6.45, 7) is 0.461. The number of methoxy groups -OCH3 is 2. The lowest BCUT2D eigenvalue weighted by atomic mass is 10.2. The minimum absolute atomic E-state index is 0.370. The first-order valence-electron chi connectivity index (χ1n) is 5.47. The summed E-state index contributed by atoms with van der Waals surface area (Å²) in [5, 5.41) is 8.46. The van der Waals surface area contributed by atoms with Crippen LogP contribution in [0.1, 0.15) is 0 Å². The van der Waals surface area contributed by atoms with Crippen molar-refractivity contribution in [2.45, 2.75) is 18.0 Å². The fourth-order valence-corrected chi connectivity index (χ4v) is 1.85. The molecule has 0 aliphatic carbocycles. The van der Waals surface area contributed by atoms with Crippen molar-refractivity contribution in [3.63, 3.8) is 0 Å². The van der Waals surface area contributed by atoms with Crippen molar-refractivity contribution in [2.24, 2.45) is 0 Å². The van der Waals surface area contributed by atoms with Crippen LogP contribution in [0.4, 0.5) is 0 Å². The summed E-state index contributed by atoms with van der Waals surface area (Å²) in [5.41, 5.74) is 0.965. The van der Waals surface area contributed by atoms with Crippen LogP contribution in [0.2, 0.25) is 0 Å². The van der Waals surface area contributed by atoms with Gasteiger partial charge >= 0.3 is 0 Å². The van der Waals surface area contributed by atoms with E-state index in [0.717, 1.165) is 11.4 Å². The standard InChI is InChI=1S/C12H15N3O2S/c1-16-10(17-2)8-15-11(13-14-12(15)18)9-6-4-3-5-7-9/h3-7,10H,8H2,1-2H3,(H,14,18)/p-1. The van der Waals surface area contributed by atoms with E-state index >= 15 is 0 Å². The molecule has 96 valence electrons. The van der Waals surface area contributed by atoms with Gasteiger partial charge in [-0.3, -0.25) is 0 Å². The minimum Gasteiger partial charge on any atom is -0.740 e. The quantitative estimate of drug-likeness (QED) is 0.604. The van der Waals surface area contributed by atoms with Crippen molar-refractivity contribution in [3.05, 3.63) is 30.3 Å². The number of ether oxygens (including phenoxy) is 2. The van der Waals surface area contributed by atoms with Gasteiger partial charge in [0.2, 0.25) is 0 Å². The molecule has 0 bridgehead atoms. The van der Waals surface area contributed by atoms with E-state index in [-0.39, 0.29) is 6.29 Å². The second-order valence-electron chi connectivity index (χ2n) is 3.68. The zero-order valence-electron chi connectivity index (χ0n) is 10.2. The lowest BCUT2D eigenvalue weighted by molar-refractivity contribution is -0.111. The van der Waals surface area contributed by atoms with Crippen molar-refractivity contribution in [1.29, 1.82) is 0 Å². The average molecular weight is 264 g/mol. The highest BCUT2D eigenvalue weighted by Crippen LogP contribution is 2.18. The lowest BCUT2D eigenvalue weighted by Gasteiger charge is -2.18. The van der Waals surface area contributed by atoms with Gasteiger partial charge in [0.1, 0.15) is 0 Å². The average Bonchev–Trinajstić information content (AvgIpc) is 2.78. The van der Waals surface area contributed by atoms with Crippen LogP contribution >= 0.6 is 0 Å². The Labute approximate surface area is 111 Å². The molecule has 0 radical (unpaired) electrons. The normalized spacial score (nSPS) is 11.1. The van der Waals surface area contributed by atoms with Crippen LogP contribution in [0.3, 0.4) is 0 Å². The highest BCUT2D eigenvalue weighted by Gasteiger charge is 2.12. The molecule has 0 saturated heterocycles. The van der Waals surface area contributed by atoms with Crippen LogP contribution in [0.15, 0.2) is 35.5 Å². The van der Waals surface area contributed by atoms with Crippen molar-refractivity contribution >= 4 is 12.6 Å². The first-order chi connectivity index (χ1) is 8.76. The molecule has 5 nitrogen and oxygen atoms in total. The van der Waals surface area contributed by atoms with E-state index < -0.39 is 0 Å². The second-order valence-corrected chi connectivity index (χ2v) is 4.05. The van der Waals surface area contributed by atoms with Gasteiger partial charge in [-0.2, -0.15) is 5.10 Å². The molecule has 2 aromatic rings. The zero-order valence-corrected chi connectivity index (χ0v) is 11.1. The molecule has 1 heterocycles. The number of nitrogens with zero attached hydrogens (tertiary/aromatic N) is 3. The molecule has 0 N–H and O–H groups in total. The second kappa shape index (κ2) is 5.90. The Balaban J connectivity index is 2.33. The molecular weight excluding hydrogens is 250 g/mol. The van der Waals surface area contributed by atoms with E-state index in [2.05, 4.69) is 10.2 Å². The third kappa shape index (κ3) is 2.66. The molecule has 1 aromatic carbocycles. The molecular formula is C12H14N3O2S-. The Morgan fingerprint density at radius 1 is 1.17 bits per heavy atom. The smallest absolute Gasteiger partial charge is 0.174 e. The Morgan fingerprint density at radius 3 is 2.44 bits per heavy atom. The van der Waals surface area contributed by atoms with Crippen LogP contribution in [0.25, 0.3) is 11.4 Å². The van der Waals surface area contributed by atoms with Crippen molar-refractivity contribution in [1.82, 2.24) is 14.8 Å². The number of rotatable bonds is 5. The molecule has 6 heteroatoms. The van der Waals surface area contributed by atoms with Crippen molar-refractivity contribution in [2.75, 3.05) is 14.2 Å². The number of benzene rings is 1. The van der Waals surface area contributed by atoms with Gasteiger partial charge in [0, 0.05) is 24.9 Å². The first-order valence-corrected chi connectivity index (χ1v) is 5.88. The van der Waals surface area contributed by atoms with E-state index in [9.17, 15) is 0 Å². The molecule has 18 heavy (non-hydrogen) atoms. The van der Waals surface area contributed by atoms with Crippen LogP contribution in [0.5, 0.6) is 0 Å². The van der Waals surface area contributed by atoms with Gasteiger partial charge in [-0.25, -0.2) is 0 Å². The Bertz CT molecular complexity index is 497. The van der Waals surface area contributed by atoms with Gasteiger partial charge in [0.05, 0.1) is 6.54 Å². The fraction of sp³-hybridized carbons (Fsp3) is 0.333. The summed E-state index contributed by atoms with van der Waals surface area (Å²) in [7, 11) is 3.17. The van der Waals surface area contributed by atoms with E-state index in [1.165, 1.54) is 0 Å². The van der Waals surface area contributed by atoms with Gasteiger partial charge in [-0.05, 0) is 0 Å². The summed E-state index contributed by atoms with van der Waals surface area (Å²) in [5.74, 6) is 0.722. The van der Waals surface area contributed by atoms with Gasteiger partial charge in [-0.15, -0.1) is 5.10 Å². The molecule has 0 amide bonds. The predicted octanol–water partition coefficient (Wildman–Crippen LogP) is 1.47. The topological polar surface area (TPSA) is 49.2 Å². The summed E-state index contributed by atoms with van der Waals surface area (Å²) >= 11 is 5.17. The summed E-state index contributed by atoms with van der Waals surface area (Å²) in [4.78, 5) is 0. The molecule has 0 aliphatic heterocycles. The number of aromatic nitrogens is 3. The molecule has 0 atom stereocenters. The molecule has 2 rings (SSSR count). The van der Waals surface area contributed by atoms with Crippen LogP contribution in [-0.2, 0) is 28.6 Å². The maximum Gasteiger partial charge on any atom is 0.174 e. The number of hydrogen-bond donors (Lipinski definition) is 0. The summed E-state index contributed by atoms with van der Waals surface area (Å²) in [6, 6.07) is 9.77. The van der Waals surface area contributed by atoms with Crippen LogP contribution in [-0.4, -0.2) is 35.3 Å². The van der Waals surface area contributed by atoms with E-state index in [0.29, 0.717) is 11.7 Å². The van der Waals surface area contributed by atoms with Gasteiger partial charge in [0.15, 0.2) is 12.1 Å². The Morgan fingerprint density at radius 2 is 1.83 bits per heavy atom. The van der Waals surface area contributed by atoms with Crippen molar-refractivity contribution in [3.8, 4) is 11.4 Å². The van der Waals surface area contributed by atoms with Gasteiger partial charge in [0.25, 0.3) is 0 Å². The van der Waals surface area contributed by atoms with Crippen molar-refractivity contribution < 1.29 is 9.47 Å². The van der Waals surface area contributed by atoms with Crippen LogP contribution < -0.4 is 0 Å². The van der Waals surface area contributed by atoms with E-state index in [1.54, 1.807) is 14.2 Å². The maximum absolute atomic E-state index is 5.17. The summed E-state index contributed by atoms with van der Waals surface area (Å²) in [6.07, 6.45) is -0.370. The SMILES string of the molecule is COC(Cn1c([S-])nnc1-c1ccccc1)OC. The molecule has 0 aliphatic rings. The minimum atomic E-state index is -0.370. The molecule has 1 aromatic heterocycles. The monoisotopic (exact) mass is 264 g/mol. The Kier molecular flexibility index (Phi) is 4.24. The fourth-order valence-electron chi connectivity index (χ4n) is 1.65. The predicted molar refractivity (Wildman–Crippen MR) is 68.9 cm³/mol. The maximum atomic E-state index is 5.17. The largest absolute Gasteiger partial charge is 0.740 e. The highest BCUT2D eigenvalue weighted by molar-refractivity contribution is 7.58. The molecule has 0 spiro atoms.